The minimum Gasteiger partial charge on any atom is -0.313 e. The van der Waals surface area contributed by atoms with Crippen LogP contribution in [0.5, 0.6) is 0 Å². The van der Waals surface area contributed by atoms with Crippen molar-refractivity contribution in [1.82, 2.24) is 15.1 Å². The average molecular weight is 282 g/mol. The van der Waals surface area contributed by atoms with Crippen LogP contribution in [-0.4, -0.2) is 16.8 Å². The second kappa shape index (κ2) is 5.72. The van der Waals surface area contributed by atoms with Crippen molar-refractivity contribution in [1.29, 1.82) is 0 Å². The first-order valence-corrected chi connectivity index (χ1v) is 6.51. The van der Waals surface area contributed by atoms with E-state index in [1.165, 1.54) is 12.1 Å². The van der Waals surface area contributed by atoms with E-state index in [1.54, 1.807) is 16.8 Å². The third-order valence-corrected chi connectivity index (χ3v) is 3.77. The maximum atomic E-state index is 13.0. The van der Waals surface area contributed by atoms with Gasteiger partial charge in [0.2, 0.25) is 0 Å². The normalized spacial score (nSPS) is 12.7. The highest BCUT2D eigenvalue weighted by atomic mass is 35.5. The molecule has 1 aromatic carbocycles. The van der Waals surface area contributed by atoms with Gasteiger partial charge in [0.15, 0.2) is 0 Å². The number of benzene rings is 1. The van der Waals surface area contributed by atoms with Crippen LogP contribution in [0.3, 0.4) is 0 Å². The minimum absolute atomic E-state index is 0.0768. The molecule has 0 aliphatic rings. The van der Waals surface area contributed by atoms with Gasteiger partial charge < -0.3 is 5.32 Å². The Bertz CT molecular complexity index is 563. The molecule has 0 amide bonds. The highest BCUT2D eigenvalue weighted by Crippen LogP contribution is 2.25. The summed E-state index contributed by atoms with van der Waals surface area (Å²) < 4.78 is 14.8. The van der Waals surface area contributed by atoms with Gasteiger partial charge in [-0.1, -0.05) is 23.7 Å². The zero-order chi connectivity index (χ0) is 14.0. The monoisotopic (exact) mass is 281 g/mol. The molecule has 0 saturated heterocycles. The maximum absolute atomic E-state index is 13.0. The highest BCUT2D eigenvalue weighted by molar-refractivity contribution is 6.31. The van der Waals surface area contributed by atoms with E-state index >= 15 is 0 Å². The maximum Gasteiger partial charge on any atom is 0.123 e. The van der Waals surface area contributed by atoms with Crippen LogP contribution in [0.15, 0.2) is 24.3 Å². The lowest BCUT2D eigenvalue weighted by molar-refractivity contribution is 0.558. The molecule has 0 spiro atoms. The fraction of sp³-hybridized carbons (Fsp3) is 0.357. The standard InChI is InChI=1S/C14H17ClFN3/c1-9-14(15)13(19(3)18-9)8-12(17-2)10-4-6-11(16)7-5-10/h4-7,12,17H,8H2,1-3H3. The summed E-state index contributed by atoms with van der Waals surface area (Å²) in [6.07, 6.45) is 0.707. The average Bonchev–Trinajstić information content (AvgIpc) is 2.63. The Hall–Kier alpha value is -1.39. The number of rotatable bonds is 4. The predicted octanol–water partition coefficient (Wildman–Crippen LogP) is 3.02. The van der Waals surface area contributed by atoms with Gasteiger partial charge in [-0.25, -0.2) is 4.39 Å². The fourth-order valence-corrected chi connectivity index (χ4v) is 2.41. The molecule has 1 atom stereocenters. The second-order valence-electron chi connectivity index (χ2n) is 4.57. The predicted molar refractivity (Wildman–Crippen MR) is 74.9 cm³/mol. The van der Waals surface area contributed by atoms with Gasteiger partial charge in [-0.2, -0.15) is 5.10 Å². The lowest BCUT2D eigenvalue weighted by Crippen LogP contribution is -2.20. The van der Waals surface area contributed by atoms with Crippen molar-refractivity contribution < 1.29 is 4.39 Å². The summed E-state index contributed by atoms with van der Waals surface area (Å²) in [6, 6.07) is 6.58. The summed E-state index contributed by atoms with van der Waals surface area (Å²) in [7, 11) is 3.76. The van der Waals surface area contributed by atoms with E-state index in [9.17, 15) is 4.39 Å². The molecular weight excluding hydrogens is 265 g/mol. The van der Waals surface area contributed by atoms with Gasteiger partial charge in [0.25, 0.3) is 0 Å². The van der Waals surface area contributed by atoms with Crippen molar-refractivity contribution >= 4 is 11.6 Å². The number of halogens is 2. The Kier molecular flexibility index (Phi) is 4.22. The van der Waals surface area contributed by atoms with Crippen molar-refractivity contribution in [3.05, 3.63) is 52.1 Å². The molecular formula is C14H17ClFN3. The summed E-state index contributed by atoms with van der Waals surface area (Å²) >= 11 is 6.26. The number of hydrogen-bond donors (Lipinski definition) is 1. The molecule has 1 heterocycles. The van der Waals surface area contributed by atoms with E-state index in [1.807, 2.05) is 21.0 Å². The SMILES string of the molecule is CNC(Cc1c(Cl)c(C)nn1C)c1ccc(F)cc1. The molecule has 1 N–H and O–H groups in total. The number of hydrogen-bond acceptors (Lipinski definition) is 2. The first-order valence-electron chi connectivity index (χ1n) is 6.13. The molecule has 102 valence electrons. The largest absolute Gasteiger partial charge is 0.313 e. The van der Waals surface area contributed by atoms with Gasteiger partial charge in [-0.15, -0.1) is 0 Å². The molecule has 2 aromatic rings. The van der Waals surface area contributed by atoms with Crippen molar-refractivity contribution in [2.24, 2.45) is 7.05 Å². The van der Waals surface area contributed by atoms with E-state index in [-0.39, 0.29) is 11.9 Å². The van der Waals surface area contributed by atoms with Crippen molar-refractivity contribution in [3.63, 3.8) is 0 Å². The van der Waals surface area contributed by atoms with Crippen LogP contribution in [0, 0.1) is 12.7 Å². The molecule has 3 nitrogen and oxygen atoms in total. The molecule has 19 heavy (non-hydrogen) atoms. The quantitative estimate of drug-likeness (QED) is 0.934. The summed E-state index contributed by atoms with van der Waals surface area (Å²) in [6.45, 7) is 1.89. The van der Waals surface area contributed by atoms with Crippen LogP contribution >= 0.6 is 11.6 Å². The van der Waals surface area contributed by atoms with Crippen LogP contribution in [0.1, 0.15) is 23.0 Å². The van der Waals surface area contributed by atoms with Crippen molar-refractivity contribution in [2.45, 2.75) is 19.4 Å². The summed E-state index contributed by atoms with van der Waals surface area (Å²) in [5.41, 5.74) is 2.83. The summed E-state index contributed by atoms with van der Waals surface area (Å²) in [5, 5.41) is 8.23. The Balaban J connectivity index is 2.26. The molecule has 0 radical (unpaired) electrons. The molecule has 1 unspecified atom stereocenters. The van der Waals surface area contributed by atoms with Gasteiger partial charge in [0.05, 0.1) is 16.4 Å². The third kappa shape index (κ3) is 2.96. The molecule has 5 heteroatoms. The van der Waals surface area contributed by atoms with Crippen LogP contribution in [-0.2, 0) is 13.5 Å². The lowest BCUT2D eigenvalue weighted by atomic mass is 10.0. The van der Waals surface area contributed by atoms with E-state index in [0.717, 1.165) is 17.0 Å². The Morgan fingerprint density at radius 2 is 2.00 bits per heavy atom. The van der Waals surface area contributed by atoms with Gasteiger partial charge in [0, 0.05) is 19.5 Å². The molecule has 0 fully saturated rings. The third-order valence-electron chi connectivity index (χ3n) is 3.28. The number of likely N-dealkylation sites (N-methyl/N-ethyl adjacent to an activating group) is 1. The van der Waals surface area contributed by atoms with Gasteiger partial charge in [-0.3, -0.25) is 4.68 Å². The molecule has 2 rings (SSSR count). The van der Waals surface area contributed by atoms with E-state index < -0.39 is 0 Å². The summed E-state index contributed by atoms with van der Waals surface area (Å²) in [5.74, 6) is -0.229. The smallest absolute Gasteiger partial charge is 0.123 e. The van der Waals surface area contributed by atoms with E-state index in [0.29, 0.717) is 11.4 Å². The lowest BCUT2D eigenvalue weighted by Gasteiger charge is -2.17. The number of aromatic nitrogens is 2. The molecule has 0 saturated carbocycles. The minimum atomic E-state index is -0.229. The van der Waals surface area contributed by atoms with Crippen LogP contribution < -0.4 is 5.32 Å². The number of nitrogens with one attached hydrogen (secondary N) is 1. The fourth-order valence-electron chi connectivity index (χ4n) is 2.18. The Morgan fingerprint density at radius 3 is 2.47 bits per heavy atom. The Morgan fingerprint density at radius 1 is 1.37 bits per heavy atom. The van der Waals surface area contributed by atoms with Crippen LogP contribution in [0.2, 0.25) is 5.02 Å². The van der Waals surface area contributed by atoms with Gasteiger partial charge >= 0.3 is 0 Å². The van der Waals surface area contributed by atoms with Gasteiger partial charge in [-0.05, 0) is 31.7 Å². The Labute approximate surface area is 117 Å². The van der Waals surface area contributed by atoms with E-state index in [2.05, 4.69) is 10.4 Å². The summed E-state index contributed by atoms with van der Waals surface area (Å²) in [4.78, 5) is 0. The molecule has 0 aliphatic heterocycles. The number of nitrogens with zero attached hydrogens (tertiary/aromatic N) is 2. The second-order valence-corrected chi connectivity index (χ2v) is 4.94. The topological polar surface area (TPSA) is 29.9 Å². The number of aryl methyl sites for hydroxylation is 2. The van der Waals surface area contributed by atoms with Crippen LogP contribution in [0.4, 0.5) is 4.39 Å². The van der Waals surface area contributed by atoms with Gasteiger partial charge in [0.1, 0.15) is 5.82 Å². The zero-order valence-electron chi connectivity index (χ0n) is 11.2. The highest BCUT2D eigenvalue weighted by Gasteiger charge is 2.17. The van der Waals surface area contributed by atoms with Crippen molar-refractivity contribution in [3.8, 4) is 0 Å². The van der Waals surface area contributed by atoms with Crippen LogP contribution in [0.25, 0.3) is 0 Å². The van der Waals surface area contributed by atoms with Crippen molar-refractivity contribution in [2.75, 3.05) is 7.05 Å². The zero-order valence-corrected chi connectivity index (χ0v) is 12.0. The first kappa shape index (κ1) is 14.0. The van der Waals surface area contributed by atoms with E-state index in [4.69, 9.17) is 11.6 Å². The molecule has 1 aromatic heterocycles. The molecule has 0 aliphatic carbocycles. The first-order chi connectivity index (χ1) is 9.02. The molecule has 0 bridgehead atoms.